The molecule has 6 rings (SSSR count). The van der Waals surface area contributed by atoms with Crippen molar-refractivity contribution in [1.82, 2.24) is 0 Å². The number of fused-ring (bicyclic) bond motifs is 3. The van der Waals surface area contributed by atoms with Gasteiger partial charge in [-0.05, 0) is 137 Å². The Morgan fingerprint density at radius 3 is 1.06 bits per heavy atom. The molecule has 6 nitrogen and oxygen atoms in total. The molecule has 0 saturated carbocycles. The molecule has 0 aliphatic carbocycles. The lowest BCUT2D eigenvalue weighted by molar-refractivity contribution is 1.13. The van der Waals surface area contributed by atoms with Crippen LogP contribution in [0.3, 0.4) is 0 Å². The van der Waals surface area contributed by atoms with E-state index in [1.165, 1.54) is 82.4 Å². The largest absolute Gasteiger partial charge is 0.167 e. The fourth-order valence-corrected chi connectivity index (χ4v) is 7.48. The van der Waals surface area contributed by atoms with Gasteiger partial charge in [-0.25, -0.2) is 0 Å². The Labute approximate surface area is 423 Å². The Morgan fingerprint density at radius 1 is 0.348 bits per heavy atom. The monoisotopic (exact) mass is 937 g/mol. The minimum absolute atomic E-state index is 0.927. The molecule has 0 atom stereocenters. The van der Waals surface area contributed by atoms with Crippen LogP contribution in [0, 0.1) is 0 Å². The zero-order chi connectivity index (χ0) is 53.5. The third-order valence-electron chi connectivity index (χ3n) is 10.7. The van der Waals surface area contributed by atoms with E-state index in [0.29, 0.717) is 0 Å². The van der Waals surface area contributed by atoms with Crippen molar-refractivity contribution < 1.29 is 0 Å². The Hall–Kier alpha value is -5.88. The van der Waals surface area contributed by atoms with Crippen LogP contribution in [0.25, 0.3) is 32.3 Å². The van der Waals surface area contributed by atoms with Gasteiger partial charge in [-0.2, -0.15) is 30.6 Å². The van der Waals surface area contributed by atoms with E-state index in [9.17, 15) is 0 Å². The van der Waals surface area contributed by atoms with Gasteiger partial charge in [-0.1, -0.05) is 203 Å². The van der Waals surface area contributed by atoms with Crippen LogP contribution >= 0.6 is 0 Å². The predicted octanol–water partition coefficient (Wildman–Crippen LogP) is 19.3. The third-order valence-corrected chi connectivity index (χ3v) is 10.7. The summed E-state index contributed by atoms with van der Waals surface area (Å²) in [5.41, 5.74) is 14.4. The summed E-state index contributed by atoms with van der Waals surface area (Å²) in [5, 5.41) is 31.0. The van der Waals surface area contributed by atoms with Gasteiger partial charge < -0.3 is 0 Å². The fraction of sp³-hybridized carbons (Fsp3) is 0.429. The first kappa shape index (κ1) is 67.4. The zero-order valence-electron chi connectivity index (χ0n) is 47.7. The van der Waals surface area contributed by atoms with E-state index in [0.717, 1.165) is 55.7 Å². The molecule has 0 radical (unpaired) electrons. The van der Waals surface area contributed by atoms with Crippen molar-refractivity contribution in [3.63, 3.8) is 0 Å². The van der Waals surface area contributed by atoms with E-state index >= 15 is 0 Å². The number of hydrogen-bond donors (Lipinski definition) is 0. The average Bonchev–Trinajstić information content (AvgIpc) is 3.42. The maximum Gasteiger partial charge on any atom is 0.0674 e. The molecule has 0 N–H and O–H groups in total. The summed E-state index contributed by atoms with van der Waals surface area (Å²) >= 11 is 0. The molecular weight excluding hydrogens is 841 g/mol. The highest BCUT2D eigenvalue weighted by atomic mass is 15.2. The molecule has 69 heavy (non-hydrogen) atoms. The molecule has 378 valence electrons. The number of nitrogens with zero attached hydrogens (tertiary/aromatic N) is 6. The van der Waals surface area contributed by atoms with Crippen LogP contribution in [0.15, 0.2) is 122 Å². The Balaban J connectivity index is -0.000000851. The quantitative estimate of drug-likeness (QED) is 0.0866. The summed E-state index contributed by atoms with van der Waals surface area (Å²) in [7, 11) is 0. The van der Waals surface area contributed by atoms with Gasteiger partial charge in [0.1, 0.15) is 0 Å². The first-order valence-electron chi connectivity index (χ1n) is 26.3. The topological polar surface area (TPSA) is 74.2 Å². The highest BCUT2D eigenvalue weighted by Crippen LogP contribution is 2.28. The second-order valence-electron chi connectivity index (χ2n) is 14.1. The molecule has 0 unspecified atom stereocenters. The lowest BCUT2D eigenvalue weighted by Gasteiger charge is -2.13. The molecule has 0 spiro atoms. The van der Waals surface area contributed by atoms with E-state index in [4.69, 9.17) is 0 Å². The molecule has 0 fully saturated rings. The van der Waals surface area contributed by atoms with Crippen molar-refractivity contribution in [3.8, 4) is 0 Å². The van der Waals surface area contributed by atoms with E-state index in [2.05, 4.69) is 183 Å². The lowest BCUT2D eigenvalue weighted by Crippen LogP contribution is -2.01. The van der Waals surface area contributed by atoms with Crippen molar-refractivity contribution in [2.75, 3.05) is 0 Å². The smallest absolute Gasteiger partial charge is 0.0674 e. The van der Waals surface area contributed by atoms with Gasteiger partial charge in [0.05, 0.1) is 17.1 Å². The molecule has 6 heteroatoms. The summed E-state index contributed by atoms with van der Waals surface area (Å²) in [6.45, 7) is 53.3. The van der Waals surface area contributed by atoms with Crippen molar-refractivity contribution in [3.05, 3.63) is 141 Å². The zero-order valence-corrected chi connectivity index (χ0v) is 47.7. The van der Waals surface area contributed by atoms with Gasteiger partial charge in [0.25, 0.3) is 0 Å². The minimum atomic E-state index is 0.927. The van der Waals surface area contributed by atoms with E-state index in [1.807, 2.05) is 104 Å². The van der Waals surface area contributed by atoms with Crippen LogP contribution in [0.5, 0.6) is 0 Å². The van der Waals surface area contributed by atoms with Gasteiger partial charge in [0, 0.05) is 36.8 Å². The predicted molar refractivity (Wildman–Crippen MR) is 321 cm³/mol. The maximum atomic E-state index is 4.08. The highest BCUT2D eigenvalue weighted by Gasteiger charge is 2.11. The normalized spacial score (nSPS) is 10.3. The summed E-state index contributed by atoms with van der Waals surface area (Å²) in [4.78, 5) is 0. The van der Waals surface area contributed by atoms with Gasteiger partial charge >= 0.3 is 0 Å². The van der Waals surface area contributed by atoms with Crippen LogP contribution in [0.1, 0.15) is 195 Å². The number of aryl methyl sites for hydroxylation is 6. The first-order chi connectivity index (χ1) is 33.6. The van der Waals surface area contributed by atoms with Crippen molar-refractivity contribution in [2.45, 2.75) is 184 Å². The molecule has 0 aliphatic rings. The van der Waals surface area contributed by atoms with Crippen molar-refractivity contribution >= 4 is 69.6 Å². The fourth-order valence-electron chi connectivity index (χ4n) is 7.48. The molecule has 0 aliphatic heterocycles. The van der Waals surface area contributed by atoms with Crippen molar-refractivity contribution in [1.29, 1.82) is 0 Å². The highest BCUT2D eigenvalue weighted by molar-refractivity contribution is 6.06. The Kier molecular flexibility index (Phi) is 40.2. The number of hydrogen-bond acceptors (Lipinski definition) is 6. The van der Waals surface area contributed by atoms with Gasteiger partial charge in [0.2, 0.25) is 0 Å². The van der Waals surface area contributed by atoms with E-state index in [-0.39, 0.29) is 0 Å². The van der Waals surface area contributed by atoms with Crippen LogP contribution in [-0.2, 0) is 38.5 Å². The SMILES string of the molecule is C=N/N=C(/C)c1cc2cc(CC)ccc2cc1CC.C=N/N=C(/C)c1cc2cc(CC)ccc2cc1CC.C=N/N=C(\C)c1ccc2c(CC)cccc2c1CC.CC.CC.CC.CC.CC.CC. The molecule has 0 bridgehead atoms. The minimum Gasteiger partial charge on any atom is -0.167 e. The second kappa shape index (κ2) is 41.1. The van der Waals surface area contributed by atoms with Gasteiger partial charge in [0.15, 0.2) is 0 Å². The third kappa shape index (κ3) is 20.7. The van der Waals surface area contributed by atoms with E-state index < -0.39 is 0 Å². The number of benzene rings is 6. The molecular formula is C63H96N6. The molecule has 0 aromatic heterocycles. The first-order valence-corrected chi connectivity index (χ1v) is 26.3. The molecule has 0 heterocycles. The van der Waals surface area contributed by atoms with Crippen molar-refractivity contribution in [2.24, 2.45) is 30.6 Å². The molecule has 6 aromatic carbocycles. The Morgan fingerprint density at radius 2 is 0.725 bits per heavy atom. The van der Waals surface area contributed by atoms with Crippen LogP contribution in [0.2, 0.25) is 0 Å². The molecule has 6 aromatic rings. The van der Waals surface area contributed by atoms with Crippen LogP contribution < -0.4 is 0 Å². The maximum absolute atomic E-state index is 4.08. The number of rotatable bonds is 12. The lowest BCUT2D eigenvalue weighted by atomic mass is 9.92. The Bertz CT molecular complexity index is 2320. The molecule has 0 saturated heterocycles. The average molecular weight is 938 g/mol. The van der Waals surface area contributed by atoms with Gasteiger partial charge in [-0.3, -0.25) is 0 Å². The van der Waals surface area contributed by atoms with E-state index in [1.54, 1.807) is 0 Å². The summed E-state index contributed by atoms with van der Waals surface area (Å²) in [5.74, 6) is 0. The standard InChI is InChI=1S/3C17H20N2.6C2H6/c2*1-5-13-7-8-15-10-14(6-2)17(11-16(15)9-13)12(3)19-18-4;1-5-13-8-7-9-17-14(6-2)15(10-11-16(13)17)12(3)19-18-4;6*1-2/h3*7-11H,4-6H2,1-3H3;6*1-2H3/b2*19-12-;19-12+;;;;;;. The second-order valence-corrected chi connectivity index (χ2v) is 14.1. The summed E-state index contributed by atoms with van der Waals surface area (Å²) in [6.07, 6.45) is 6.14. The molecule has 0 amide bonds. The van der Waals surface area contributed by atoms with Crippen LogP contribution in [-0.4, -0.2) is 37.3 Å². The summed E-state index contributed by atoms with van der Waals surface area (Å²) < 4.78 is 0. The van der Waals surface area contributed by atoms with Crippen LogP contribution in [0.4, 0.5) is 0 Å². The van der Waals surface area contributed by atoms with Gasteiger partial charge in [-0.15, -0.1) is 0 Å². The summed E-state index contributed by atoms with van der Waals surface area (Å²) in [6, 6.07) is 33.2.